The van der Waals surface area contributed by atoms with Crippen molar-refractivity contribution in [3.63, 3.8) is 0 Å². The molecule has 2 aliphatic heterocycles. The van der Waals surface area contributed by atoms with Crippen molar-refractivity contribution in [3.8, 4) is 0 Å². The van der Waals surface area contributed by atoms with Gasteiger partial charge in [-0.2, -0.15) is 0 Å². The van der Waals surface area contributed by atoms with Crippen LogP contribution in [-0.4, -0.2) is 42.4 Å². The Hall–Kier alpha value is -2.34. The summed E-state index contributed by atoms with van der Waals surface area (Å²) >= 11 is 6.29. The van der Waals surface area contributed by atoms with Crippen molar-refractivity contribution in [2.45, 2.75) is 62.2 Å². The van der Waals surface area contributed by atoms with E-state index in [1.54, 1.807) is 12.1 Å². The van der Waals surface area contributed by atoms with Crippen LogP contribution in [0, 0.1) is 0 Å². The van der Waals surface area contributed by atoms with Gasteiger partial charge < -0.3 is 14.8 Å². The molecule has 2 saturated heterocycles. The molecule has 0 saturated carbocycles. The molecule has 8 nitrogen and oxygen atoms in total. The van der Waals surface area contributed by atoms with E-state index in [1.165, 1.54) is 10.6 Å². The van der Waals surface area contributed by atoms with Crippen molar-refractivity contribution >= 4 is 44.0 Å². The highest BCUT2D eigenvalue weighted by atomic mass is 35.5. The molecule has 0 amide bonds. The standard InChI is InChI=1S/C24H27ClF2N4O4S/c1-36(32,33)18-12-14(17-6-2-4-10-34-17)8-9-15(18)28-16-13-19(25)29-23-21(16)30-24(22(26)27)31(23)20-7-3-5-11-35-20/h8-9,12-13,17,20,22H,2-7,10-11H2,1H3,(H,28,29). The minimum absolute atomic E-state index is 0.0518. The van der Waals surface area contributed by atoms with Crippen molar-refractivity contribution in [2.75, 3.05) is 24.8 Å². The number of nitrogens with zero attached hydrogens (tertiary/aromatic N) is 3. The Morgan fingerprint density at radius 3 is 2.44 bits per heavy atom. The Kier molecular flexibility index (Phi) is 7.17. The molecule has 2 fully saturated rings. The number of halogens is 3. The van der Waals surface area contributed by atoms with Gasteiger partial charge in [0.2, 0.25) is 0 Å². The maximum absolute atomic E-state index is 14.0. The van der Waals surface area contributed by atoms with E-state index in [-0.39, 0.29) is 38.7 Å². The molecule has 0 aliphatic carbocycles. The molecule has 12 heteroatoms. The molecule has 5 rings (SSSR count). The van der Waals surface area contributed by atoms with Crippen LogP contribution in [-0.2, 0) is 19.3 Å². The number of ether oxygens (including phenoxy) is 2. The largest absolute Gasteiger partial charge is 0.374 e. The molecule has 2 aliphatic rings. The van der Waals surface area contributed by atoms with Gasteiger partial charge >= 0.3 is 0 Å². The summed E-state index contributed by atoms with van der Waals surface area (Å²) in [5.41, 5.74) is 1.64. The Labute approximate surface area is 212 Å². The van der Waals surface area contributed by atoms with E-state index in [4.69, 9.17) is 21.1 Å². The number of pyridine rings is 1. The topological polar surface area (TPSA) is 95.3 Å². The molecule has 0 bridgehead atoms. The van der Waals surface area contributed by atoms with Crippen molar-refractivity contribution in [3.05, 3.63) is 40.8 Å². The second kappa shape index (κ2) is 10.2. The minimum atomic E-state index is -3.64. The highest BCUT2D eigenvalue weighted by Crippen LogP contribution is 2.38. The van der Waals surface area contributed by atoms with E-state index < -0.39 is 28.3 Å². The van der Waals surface area contributed by atoms with Crippen molar-refractivity contribution < 1.29 is 26.7 Å². The summed E-state index contributed by atoms with van der Waals surface area (Å²) in [5.74, 6) is -0.470. The van der Waals surface area contributed by atoms with Crippen LogP contribution in [0.25, 0.3) is 11.2 Å². The molecule has 36 heavy (non-hydrogen) atoms. The van der Waals surface area contributed by atoms with Crippen LogP contribution in [0.1, 0.15) is 68.7 Å². The molecule has 2 atom stereocenters. The fourth-order valence-corrected chi connectivity index (χ4v) is 5.87. The van der Waals surface area contributed by atoms with Crippen LogP contribution in [0.15, 0.2) is 29.2 Å². The second-order valence-electron chi connectivity index (χ2n) is 9.13. The lowest BCUT2D eigenvalue weighted by atomic mass is 10.0. The predicted octanol–water partition coefficient (Wildman–Crippen LogP) is 6.11. The van der Waals surface area contributed by atoms with E-state index in [1.807, 2.05) is 6.07 Å². The van der Waals surface area contributed by atoms with E-state index in [9.17, 15) is 17.2 Å². The zero-order valence-corrected chi connectivity index (χ0v) is 21.3. The quantitative estimate of drug-likeness (QED) is 0.377. The van der Waals surface area contributed by atoms with Crippen LogP contribution in [0.5, 0.6) is 0 Å². The number of fused-ring (bicyclic) bond motifs is 1. The van der Waals surface area contributed by atoms with Gasteiger partial charge in [0.1, 0.15) is 16.9 Å². The lowest BCUT2D eigenvalue weighted by Gasteiger charge is -2.25. The summed E-state index contributed by atoms with van der Waals surface area (Å²) in [6.07, 6.45) is 2.48. The lowest BCUT2D eigenvalue weighted by Crippen LogP contribution is -2.20. The number of nitrogens with one attached hydrogen (secondary N) is 1. The predicted molar refractivity (Wildman–Crippen MR) is 132 cm³/mol. The maximum atomic E-state index is 14.0. The molecule has 1 N–H and O–H groups in total. The van der Waals surface area contributed by atoms with Crippen LogP contribution in [0.4, 0.5) is 20.2 Å². The van der Waals surface area contributed by atoms with Gasteiger partial charge in [-0.25, -0.2) is 27.2 Å². The van der Waals surface area contributed by atoms with Gasteiger partial charge in [0, 0.05) is 25.5 Å². The molecule has 1 aromatic carbocycles. The molecule has 2 unspecified atom stereocenters. The zero-order valence-electron chi connectivity index (χ0n) is 19.7. The van der Waals surface area contributed by atoms with Crippen molar-refractivity contribution in [2.24, 2.45) is 0 Å². The molecule has 4 heterocycles. The Morgan fingerprint density at radius 1 is 1.06 bits per heavy atom. The number of sulfone groups is 1. The number of hydrogen-bond donors (Lipinski definition) is 1. The fraction of sp³-hybridized carbons (Fsp3) is 0.500. The summed E-state index contributed by atoms with van der Waals surface area (Å²) in [6.45, 7) is 1.08. The normalized spacial score (nSPS) is 21.2. The number of alkyl halides is 2. The van der Waals surface area contributed by atoms with Crippen LogP contribution in [0.3, 0.4) is 0 Å². The van der Waals surface area contributed by atoms with Gasteiger partial charge in [-0.15, -0.1) is 0 Å². The molecule has 3 aromatic rings. The first-order valence-corrected chi connectivity index (χ1v) is 14.2. The Balaban J connectivity index is 1.60. The highest BCUT2D eigenvalue weighted by Gasteiger charge is 2.29. The summed E-state index contributed by atoms with van der Waals surface area (Å²) in [5, 5.41) is 3.12. The molecule has 2 aromatic heterocycles. The van der Waals surface area contributed by atoms with E-state index in [2.05, 4.69) is 15.3 Å². The summed E-state index contributed by atoms with van der Waals surface area (Å²) in [7, 11) is -3.64. The Bertz CT molecular complexity index is 1370. The number of aromatic nitrogens is 3. The molecule has 0 spiro atoms. The van der Waals surface area contributed by atoms with Gasteiger partial charge in [-0.05, 0) is 56.2 Å². The highest BCUT2D eigenvalue weighted by molar-refractivity contribution is 7.90. The summed E-state index contributed by atoms with van der Waals surface area (Å²) in [4.78, 5) is 8.54. The maximum Gasteiger partial charge on any atom is 0.295 e. The van der Waals surface area contributed by atoms with Crippen molar-refractivity contribution in [1.29, 1.82) is 0 Å². The smallest absolute Gasteiger partial charge is 0.295 e. The SMILES string of the molecule is CS(=O)(=O)c1cc(C2CCCCO2)ccc1Nc1cc(Cl)nc2c1nc(C(F)F)n2C1CCCCO1. The number of rotatable bonds is 6. The van der Waals surface area contributed by atoms with Crippen LogP contribution >= 0.6 is 11.6 Å². The second-order valence-corrected chi connectivity index (χ2v) is 11.5. The van der Waals surface area contributed by atoms with Crippen LogP contribution in [0.2, 0.25) is 5.15 Å². The van der Waals surface area contributed by atoms with Gasteiger partial charge in [0.25, 0.3) is 6.43 Å². The molecular formula is C24H27ClF2N4O4S. The molecule has 194 valence electrons. The van der Waals surface area contributed by atoms with Gasteiger partial charge in [0.15, 0.2) is 21.3 Å². The fourth-order valence-electron chi connectivity index (χ4n) is 4.81. The van der Waals surface area contributed by atoms with E-state index in [0.29, 0.717) is 19.6 Å². The average molecular weight is 541 g/mol. The first-order valence-electron chi connectivity index (χ1n) is 11.9. The number of benzene rings is 1. The van der Waals surface area contributed by atoms with Gasteiger partial charge in [-0.1, -0.05) is 17.7 Å². The number of hydrogen-bond acceptors (Lipinski definition) is 7. The lowest BCUT2D eigenvalue weighted by molar-refractivity contribution is -0.0363. The third-order valence-electron chi connectivity index (χ3n) is 6.51. The Morgan fingerprint density at radius 2 is 1.81 bits per heavy atom. The number of imidazole rings is 1. The first kappa shape index (κ1) is 25.3. The zero-order chi connectivity index (χ0) is 25.4. The summed E-state index contributed by atoms with van der Waals surface area (Å²) in [6, 6.07) is 6.51. The molecule has 0 radical (unpaired) electrons. The monoisotopic (exact) mass is 540 g/mol. The molecular weight excluding hydrogens is 514 g/mol. The average Bonchev–Trinajstić information content (AvgIpc) is 3.24. The first-order chi connectivity index (χ1) is 17.2. The minimum Gasteiger partial charge on any atom is -0.374 e. The number of anilines is 2. The van der Waals surface area contributed by atoms with E-state index in [0.717, 1.165) is 43.9 Å². The van der Waals surface area contributed by atoms with Crippen LogP contribution < -0.4 is 5.32 Å². The third kappa shape index (κ3) is 5.06. The van der Waals surface area contributed by atoms with Gasteiger partial charge in [0.05, 0.1) is 22.4 Å². The summed E-state index contributed by atoms with van der Waals surface area (Å²) < 4.78 is 66.3. The van der Waals surface area contributed by atoms with E-state index >= 15 is 0 Å². The van der Waals surface area contributed by atoms with Gasteiger partial charge in [-0.3, -0.25) is 4.57 Å². The third-order valence-corrected chi connectivity index (χ3v) is 7.84. The van der Waals surface area contributed by atoms with Crippen molar-refractivity contribution in [1.82, 2.24) is 14.5 Å².